The van der Waals surface area contributed by atoms with E-state index in [4.69, 9.17) is 5.73 Å². The summed E-state index contributed by atoms with van der Waals surface area (Å²) in [5.74, 6) is 0.704. The Morgan fingerprint density at radius 2 is 1.94 bits per heavy atom. The molecule has 0 heterocycles. The Bertz CT molecular complexity index is 235. The Morgan fingerprint density at radius 1 is 1.38 bits per heavy atom. The molecule has 2 N–H and O–H groups in total. The number of hydrogen-bond donors (Lipinski definition) is 1. The molecule has 0 aromatic heterocycles. The molecule has 96 valence electrons. The van der Waals surface area contributed by atoms with Gasteiger partial charge in [0.15, 0.2) is 0 Å². The van der Waals surface area contributed by atoms with Gasteiger partial charge in [-0.25, -0.2) is 0 Å². The van der Waals surface area contributed by atoms with Crippen molar-refractivity contribution in [1.29, 1.82) is 0 Å². The van der Waals surface area contributed by atoms with E-state index in [2.05, 4.69) is 46.4 Å². The van der Waals surface area contributed by atoms with Gasteiger partial charge in [-0.1, -0.05) is 27.7 Å². The molecule has 0 bridgehead atoms. The fourth-order valence-electron chi connectivity index (χ4n) is 4.06. The summed E-state index contributed by atoms with van der Waals surface area (Å²) in [6, 6.07) is 0.588. The second kappa shape index (κ2) is 4.66. The highest BCUT2D eigenvalue weighted by Crippen LogP contribution is 2.50. The smallest absolute Gasteiger partial charge is 0.0365 e. The van der Waals surface area contributed by atoms with E-state index in [-0.39, 0.29) is 5.54 Å². The van der Waals surface area contributed by atoms with Gasteiger partial charge in [-0.3, -0.25) is 4.90 Å². The van der Waals surface area contributed by atoms with Crippen LogP contribution in [0.4, 0.5) is 0 Å². The molecule has 1 saturated carbocycles. The molecule has 0 amide bonds. The van der Waals surface area contributed by atoms with Crippen LogP contribution >= 0.6 is 0 Å². The lowest BCUT2D eigenvalue weighted by atomic mass is 9.83. The molecular formula is C14H30N2. The van der Waals surface area contributed by atoms with E-state index < -0.39 is 0 Å². The van der Waals surface area contributed by atoms with E-state index in [0.29, 0.717) is 17.4 Å². The molecule has 0 saturated heterocycles. The van der Waals surface area contributed by atoms with Crippen LogP contribution in [-0.2, 0) is 0 Å². The molecule has 16 heavy (non-hydrogen) atoms. The Morgan fingerprint density at radius 3 is 2.19 bits per heavy atom. The van der Waals surface area contributed by atoms with Crippen molar-refractivity contribution in [3.05, 3.63) is 0 Å². The first kappa shape index (κ1) is 14.0. The Hall–Kier alpha value is -0.0800. The maximum absolute atomic E-state index is 6.15. The second-order valence-electron chi connectivity index (χ2n) is 6.63. The summed E-state index contributed by atoms with van der Waals surface area (Å²) >= 11 is 0. The van der Waals surface area contributed by atoms with Crippen molar-refractivity contribution in [1.82, 2.24) is 4.90 Å². The molecule has 2 atom stereocenters. The number of nitrogens with two attached hydrogens (primary N) is 1. The molecule has 2 nitrogen and oxygen atoms in total. The van der Waals surface area contributed by atoms with Crippen LogP contribution in [0.25, 0.3) is 0 Å². The molecule has 0 radical (unpaired) electrons. The van der Waals surface area contributed by atoms with Gasteiger partial charge in [0.1, 0.15) is 0 Å². The van der Waals surface area contributed by atoms with Crippen LogP contribution in [0.1, 0.15) is 54.4 Å². The molecule has 1 aliphatic rings. The molecule has 0 aromatic rings. The number of likely N-dealkylation sites (N-methyl/N-ethyl adjacent to an activating group) is 1. The maximum Gasteiger partial charge on any atom is 0.0365 e. The van der Waals surface area contributed by atoms with Gasteiger partial charge in [0, 0.05) is 18.1 Å². The summed E-state index contributed by atoms with van der Waals surface area (Å²) in [5.41, 5.74) is 6.83. The highest BCUT2D eigenvalue weighted by molar-refractivity contribution is 5.06. The summed E-state index contributed by atoms with van der Waals surface area (Å²) in [6.45, 7) is 15.9. The average Bonchev–Trinajstić information content (AvgIpc) is 2.37. The van der Waals surface area contributed by atoms with E-state index in [1.807, 2.05) is 0 Å². The van der Waals surface area contributed by atoms with Crippen LogP contribution in [0.15, 0.2) is 0 Å². The molecule has 2 unspecified atom stereocenters. The maximum atomic E-state index is 6.15. The lowest BCUT2D eigenvalue weighted by Gasteiger charge is -2.46. The second-order valence-corrected chi connectivity index (χ2v) is 6.63. The van der Waals surface area contributed by atoms with Gasteiger partial charge in [0.05, 0.1) is 0 Å². The molecule has 0 spiro atoms. The minimum atomic E-state index is 0.229. The number of nitrogens with zero attached hydrogens (tertiary/aromatic N) is 1. The van der Waals surface area contributed by atoms with Crippen molar-refractivity contribution in [2.75, 3.05) is 13.1 Å². The predicted molar refractivity (Wildman–Crippen MR) is 71.5 cm³/mol. The SMILES string of the molecule is CCN(C(C)C)C1(CN)CC(C)(C)CC1C. The van der Waals surface area contributed by atoms with Gasteiger partial charge in [-0.05, 0) is 44.6 Å². The lowest BCUT2D eigenvalue weighted by Crippen LogP contribution is -2.58. The molecule has 2 heteroatoms. The Kier molecular flexibility index (Phi) is 4.07. The van der Waals surface area contributed by atoms with Gasteiger partial charge in [-0.15, -0.1) is 0 Å². The van der Waals surface area contributed by atoms with Gasteiger partial charge in [0.25, 0.3) is 0 Å². The minimum absolute atomic E-state index is 0.229. The van der Waals surface area contributed by atoms with Crippen LogP contribution in [0, 0.1) is 11.3 Å². The zero-order valence-corrected chi connectivity index (χ0v) is 12.0. The van der Waals surface area contributed by atoms with Crippen molar-refractivity contribution in [2.24, 2.45) is 17.1 Å². The van der Waals surface area contributed by atoms with E-state index >= 15 is 0 Å². The third-order valence-corrected chi connectivity index (χ3v) is 4.45. The third-order valence-electron chi connectivity index (χ3n) is 4.45. The average molecular weight is 226 g/mol. The number of hydrogen-bond acceptors (Lipinski definition) is 2. The van der Waals surface area contributed by atoms with E-state index in [1.54, 1.807) is 0 Å². The molecule has 1 rings (SSSR count). The van der Waals surface area contributed by atoms with Crippen LogP contribution in [-0.4, -0.2) is 29.6 Å². The van der Waals surface area contributed by atoms with E-state index in [9.17, 15) is 0 Å². The summed E-state index contributed by atoms with van der Waals surface area (Å²) in [4.78, 5) is 2.62. The molecule has 0 aliphatic heterocycles. The van der Waals surface area contributed by atoms with Crippen LogP contribution in [0.5, 0.6) is 0 Å². The van der Waals surface area contributed by atoms with Crippen molar-refractivity contribution in [3.63, 3.8) is 0 Å². The molecule has 1 aliphatic carbocycles. The number of rotatable bonds is 4. The van der Waals surface area contributed by atoms with Crippen molar-refractivity contribution in [2.45, 2.75) is 66.0 Å². The molecule has 0 aromatic carbocycles. The molecule has 1 fully saturated rings. The predicted octanol–water partition coefficient (Wildman–Crippen LogP) is 2.87. The quantitative estimate of drug-likeness (QED) is 0.798. The Labute approximate surface area is 102 Å². The normalized spacial score (nSPS) is 33.9. The lowest BCUT2D eigenvalue weighted by molar-refractivity contribution is 0.0360. The summed E-state index contributed by atoms with van der Waals surface area (Å²) in [6.07, 6.45) is 2.54. The molecular weight excluding hydrogens is 196 g/mol. The first-order valence-electron chi connectivity index (χ1n) is 6.76. The highest BCUT2D eigenvalue weighted by Gasteiger charge is 2.51. The summed E-state index contributed by atoms with van der Waals surface area (Å²) in [7, 11) is 0. The van der Waals surface area contributed by atoms with Crippen molar-refractivity contribution >= 4 is 0 Å². The standard InChI is InChI=1S/C14H30N2/c1-7-16(11(2)3)14(10-15)9-13(5,6)8-12(14)4/h11-12H,7-10,15H2,1-6H3. The van der Waals surface area contributed by atoms with Gasteiger partial charge in [0.2, 0.25) is 0 Å². The van der Waals surface area contributed by atoms with Gasteiger partial charge in [-0.2, -0.15) is 0 Å². The van der Waals surface area contributed by atoms with Gasteiger partial charge < -0.3 is 5.73 Å². The zero-order valence-electron chi connectivity index (χ0n) is 12.0. The third kappa shape index (κ3) is 2.28. The Balaban J connectivity index is 3.01. The summed E-state index contributed by atoms with van der Waals surface area (Å²) in [5, 5.41) is 0. The first-order chi connectivity index (χ1) is 7.29. The fourth-order valence-corrected chi connectivity index (χ4v) is 4.06. The largest absolute Gasteiger partial charge is 0.329 e. The van der Waals surface area contributed by atoms with E-state index in [1.165, 1.54) is 12.8 Å². The first-order valence-corrected chi connectivity index (χ1v) is 6.76. The summed E-state index contributed by atoms with van der Waals surface area (Å²) < 4.78 is 0. The highest BCUT2D eigenvalue weighted by atomic mass is 15.2. The van der Waals surface area contributed by atoms with Crippen LogP contribution < -0.4 is 5.73 Å². The topological polar surface area (TPSA) is 29.3 Å². The van der Waals surface area contributed by atoms with Gasteiger partial charge >= 0.3 is 0 Å². The minimum Gasteiger partial charge on any atom is -0.329 e. The van der Waals surface area contributed by atoms with Crippen molar-refractivity contribution in [3.8, 4) is 0 Å². The van der Waals surface area contributed by atoms with E-state index in [0.717, 1.165) is 13.1 Å². The fraction of sp³-hybridized carbons (Fsp3) is 1.00. The van der Waals surface area contributed by atoms with Crippen LogP contribution in [0.3, 0.4) is 0 Å². The zero-order chi connectivity index (χ0) is 12.6. The van der Waals surface area contributed by atoms with Crippen LogP contribution in [0.2, 0.25) is 0 Å². The monoisotopic (exact) mass is 226 g/mol. The van der Waals surface area contributed by atoms with Crippen molar-refractivity contribution < 1.29 is 0 Å².